The number of nitrogens with zero attached hydrogens (tertiary/aromatic N) is 1. The monoisotopic (exact) mass is 551 g/mol. The maximum atomic E-state index is 9.14. The molecule has 0 amide bonds. The number of allylic oxidation sites excluding steroid dienone is 1. The molecule has 0 aliphatic heterocycles. The van der Waals surface area contributed by atoms with Crippen LogP contribution in [0.15, 0.2) is 138 Å². The van der Waals surface area contributed by atoms with Crippen molar-refractivity contribution in [3.63, 3.8) is 0 Å². The van der Waals surface area contributed by atoms with E-state index in [1.807, 2.05) is 31.2 Å². The summed E-state index contributed by atoms with van der Waals surface area (Å²) in [7, 11) is 0. The molecule has 1 heterocycles. The van der Waals surface area contributed by atoms with Gasteiger partial charge in [0.25, 0.3) is 0 Å². The van der Waals surface area contributed by atoms with Gasteiger partial charge in [0.2, 0.25) is 0 Å². The minimum absolute atomic E-state index is 0.663. The third kappa shape index (κ3) is 4.92. The van der Waals surface area contributed by atoms with Crippen LogP contribution < -0.4 is 0 Å². The zero-order chi connectivity index (χ0) is 29.5. The van der Waals surface area contributed by atoms with Gasteiger partial charge in [0.15, 0.2) is 0 Å². The highest BCUT2D eigenvalue weighted by Gasteiger charge is 2.16. The van der Waals surface area contributed by atoms with E-state index in [0.717, 1.165) is 66.5 Å². The molecule has 204 valence electrons. The maximum Gasteiger partial charge on any atom is 0.143 e. The van der Waals surface area contributed by atoms with Crippen molar-refractivity contribution in [3.8, 4) is 50.6 Å². The molecule has 0 saturated heterocycles. The number of hydrogen-bond acceptors (Lipinski definition) is 2. The van der Waals surface area contributed by atoms with Crippen LogP contribution in [0.5, 0.6) is 0 Å². The van der Waals surface area contributed by atoms with Crippen molar-refractivity contribution in [1.82, 2.24) is 0 Å². The van der Waals surface area contributed by atoms with Gasteiger partial charge in [-0.15, -0.1) is 0 Å². The standard InChI is InChI=1S/C41H29NO/c1-26(2)35-20-21-37-39-23-36(33-14-12-31(13-15-33)30-10-6-28(25-42)7-11-30)22-38(41(39)43-40(37)24-35)34-18-16-32(17-19-34)29-8-4-27(3)5-9-29/h4-24H,1H2,2-3H3. The number of nitriles is 1. The third-order valence-electron chi connectivity index (χ3n) is 8.21. The van der Waals surface area contributed by atoms with Gasteiger partial charge in [-0.1, -0.05) is 109 Å². The smallest absolute Gasteiger partial charge is 0.143 e. The van der Waals surface area contributed by atoms with Crippen LogP contribution in [0.3, 0.4) is 0 Å². The highest BCUT2D eigenvalue weighted by molar-refractivity contribution is 6.11. The van der Waals surface area contributed by atoms with Gasteiger partial charge in [-0.2, -0.15) is 5.26 Å². The molecule has 43 heavy (non-hydrogen) atoms. The van der Waals surface area contributed by atoms with Crippen molar-refractivity contribution in [3.05, 3.63) is 151 Å². The summed E-state index contributed by atoms with van der Waals surface area (Å²) in [6, 6.07) is 46.7. The highest BCUT2D eigenvalue weighted by atomic mass is 16.3. The largest absolute Gasteiger partial charge is 0.455 e. The van der Waals surface area contributed by atoms with E-state index in [2.05, 4.69) is 123 Å². The van der Waals surface area contributed by atoms with Gasteiger partial charge in [-0.3, -0.25) is 0 Å². The summed E-state index contributed by atoms with van der Waals surface area (Å²) in [6.07, 6.45) is 0. The van der Waals surface area contributed by atoms with Gasteiger partial charge in [0.1, 0.15) is 11.2 Å². The average Bonchev–Trinajstić information content (AvgIpc) is 3.43. The Morgan fingerprint density at radius 3 is 1.65 bits per heavy atom. The fourth-order valence-corrected chi connectivity index (χ4v) is 5.71. The fraction of sp³-hybridized carbons (Fsp3) is 0.0488. The van der Waals surface area contributed by atoms with Crippen LogP contribution in [0.2, 0.25) is 0 Å². The lowest BCUT2D eigenvalue weighted by atomic mass is 9.93. The van der Waals surface area contributed by atoms with E-state index in [1.165, 1.54) is 16.7 Å². The Hall–Kier alpha value is -5.65. The second kappa shape index (κ2) is 10.6. The first-order chi connectivity index (χ1) is 21.0. The van der Waals surface area contributed by atoms with E-state index >= 15 is 0 Å². The van der Waals surface area contributed by atoms with E-state index in [1.54, 1.807) is 0 Å². The number of furan rings is 1. The van der Waals surface area contributed by atoms with Gasteiger partial charge in [0.05, 0.1) is 11.6 Å². The number of hydrogen-bond donors (Lipinski definition) is 0. The molecule has 0 bridgehead atoms. The van der Waals surface area contributed by atoms with Gasteiger partial charge in [-0.25, -0.2) is 0 Å². The summed E-state index contributed by atoms with van der Waals surface area (Å²) in [6.45, 7) is 8.25. The molecule has 0 saturated carbocycles. The lowest BCUT2D eigenvalue weighted by molar-refractivity contribution is 0.670. The second-order valence-corrected chi connectivity index (χ2v) is 11.2. The molecular formula is C41H29NO. The molecule has 7 aromatic rings. The Morgan fingerprint density at radius 1 is 0.581 bits per heavy atom. The SMILES string of the molecule is C=C(C)c1ccc2c(c1)oc1c(-c3ccc(-c4ccc(C)cc4)cc3)cc(-c3ccc(-c4ccc(C#N)cc4)cc3)cc12. The number of fused-ring (bicyclic) bond motifs is 3. The predicted molar refractivity (Wildman–Crippen MR) is 180 cm³/mol. The molecule has 2 nitrogen and oxygen atoms in total. The Labute approximate surface area is 251 Å². The van der Waals surface area contributed by atoms with Crippen molar-refractivity contribution < 1.29 is 4.42 Å². The summed E-state index contributed by atoms with van der Waals surface area (Å²) in [5.74, 6) is 0. The van der Waals surface area contributed by atoms with Gasteiger partial charge in [0, 0.05) is 16.3 Å². The molecule has 2 heteroatoms. The van der Waals surface area contributed by atoms with Gasteiger partial charge < -0.3 is 4.42 Å². The van der Waals surface area contributed by atoms with Crippen molar-refractivity contribution >= 4 is 27.5 Å². The zero-order valence-corrected chi connectivity index (χ0v) is 24.2. The van der Waals surface area contributed by atoms with E-state index < -0.39 is 0 Å². The Kier molecular flexibility index (Phi) is 6.50. The van der Waals surface area contributed by atoms with Crippen LogP contribution in [-0.2, 0) is 0 Å². The normalized spacial score (nSPS) is 11.1. The van der Waals surface area contributed by atoms with Crippen LogP contribution in [0.25, 0.3) is 72.0 Å². The van der Waals surface area contributed by atoms with Gasteiger partial charge in [-0.05, 0) is 94.8 Å². The summed E-state index contributed by atoms with van der Waals surface area (Å²) in [5, 5.41) is 11.3. The van der Waals surface area contributed by atoms with Crippen molar-refractivity contribution in [1.29, 1.82) is 5.26 Å². The quantitative estimate of drug-likeness (QED) is 0.213. The second-order valence-electron chi connectivity index (χ2n) is 11.2. The molecule has 0 unspecified atom stereocenters. The Balaban J connectivity index is 1.36. The van der Waals surface area contributed by atoms with E-state index in [9.17, 15) is 0 Å². The summed E-state index contributed by atoms with van der Waals surface area (Å²) < 4.78 is 6.58. The molecular weight excluding hydrogens is 522 g/mol. The van der Waals surface area contributed by atoms with Crippen molar-refractivity contribution in [2.45, 2.75) is 13.8 Å². The molecule has 0 spiro atoms. The van der Waals surface area contributed by atoms with E-state index in [4.69, 9.17) is 9.68 Å². The Bertz CT molecular complexity index is 2170. The minimum Gasteiger partial charge on any atom is -0.455 e. The van der Waals surface area contributed by atoms with Gasteiger partial charge >= 0.3 is 0 Å². The lowest BCUT2D eigenvalue weighted by Gasteiger charge is -2.10. The molecule has 0 radical (unpaired) electrons. The molecule has 6 aromatic carbocycles. The Morgan fingerprint density at radius 2 is 1.09 bits per heavy atom. The van der Waals surface area contributed by atoms with Crippen LogP contribution in [0, 0.1) is 18.3 Å². The van der Waals surface area contributed by atoms with Crippen LogP contribution in [0.1, 0.15) is 23.6 Å². The number of aryl methyl sites for hydroxylation is 1. The molecule has 0 aliphatic carbocycles. The topological polar surface area (TPSA) is 36.9 Å². The lowest BCUT2D eigenvalue weighted by Crippen LogP contribution is -1.86. The van der Waals surface area contributed by atoms with Crippen molar-refractivity contribution in [2.75, 3.05) is 0 Å². The van der Waals surface area contributed by atoms with Crippen molar-refractivity contribution in [2.24, 2.45) is 0 Å². The average molecular weight is 552 g/mol. The first-order valence-electron chi connectivity index (χ1n) is 14.4. The highest BCUT2D eigenvalue weighted by Crippen LogP contribution is 2.41. The van der Waals surface area contributed by atoms with E-state index in [-0.39, 0.29) is 0 Å². The van der Waals surface area contributed by atoms with Crippen LogP contribution >= 0.6 is 0 Å². The molecule has 0 aliphatic rings. The fourth-order valence-electron chi connectivity index (χ4n) is 5.71. The summed E-state index contributed by atoms with van der Waals surface area (Å²) in [5.41, 5.74) is 14.8. The first kappa shape index (κ1) is 26.3. The molecule has 7 rings (SSSR count). The minimum atomic E-state index is 0.663. The summed E-state index contributed by atoms with van der Waals surface area (Å²) in [4.78, 5) is 0. The molecule has 0 atom stereocenters. The zero-order valence-electron chi connectivity index (χ0n) is 24.2. The number of rotatable bonds is 5. The van der Waals surface area contributed by atoms with Crippen LogP contribution in [0.4, 0.5) is 0 Å². The van der Waals surface area contributed by atoms with E-state index in [0.29, 0.717) is 5.56 Å². The summed E-state index contributed by atoms with van der Waals surface area (Å²) >= 11 is 0. The number of benzene rings is 6. The molecule has 0 fully saturated rings. The molecule has 0 N–H and O–H groups in total. The third-order valence-corrected chi connectivity index (χ3v) is 8.21. The van der Waals surface area contributed by atoms with Crippen LogP contribution in [-0.4, -0.2) is 0 Å². The molecule has 1 aromatic heterocycles. The maximum absolute atomic E-state index is 9.14. The predicted octanol–water partition coefficient (Wildman–Crippen LogP) is 11.5. The first-order valence-corrected chi connectivity index (χ1v) is 14.4.